The monoisotopic (exact) mass is 443 g/mol. The summed E-state index contributed by atoms with van der Waals surface area (Å²) in [6.45, 7) is 4.45. The number of nitrogens with zero attached hydrogens (tertiary/aromatic N) is 2. The first kappa shape index (κ1) is 22.5. The van der Waals surface area contributed by atoms with Gasteiger partial charge >= 0.3 is 0 Å². The summed E-state index contributed by atoms with van der Waals surface area (Å²) in [6.07, 6.45) is 0. The molecule has 164 valence electrons. The van der Waals surface area contributed by atoms with Crippen LogP contribution in [-0.4, -0.2) is 37.0 Å². The number of carbonyl (C=O) groups is 1. The third kappa shape index (κ3) is 4.77. The van der Waals surface area contributed by atoms with Crippen LogP contribution >= 0.6 is 11.6 Å². The van der Waals surface area contributed by atoms with E-state index in [-0.39, 0.29) is 12.5 Å². The van der Waals surface area contributed by atoms with Crippen LogP contribution in [-0.2, 0) is 13.1 Å². The minimum Gasteiger partial charge on any atom is -0.496 e. The van der Waals surface area contributed by atoms with Gasteiger partial charge in [-0.1, -0.05) is 29.8 Å². The van der Waals surface area contributed by atoms with E-state index < -0.39 is 0 Å². The van der Waals surface area contributed by atoms with Gasteiger partial charge in [-0.15, -0.1) is 0 Å². The second-order valence-corrected chi connectivity index (χ2v) is 7.40. The fraction of sp³-hybridized carbons (Fsp3) is 0.304. The predicted molar refractivity (Wildman–Crippen MR) is 120 cm³/mol. The van der Waals surface area contributed by atoms with Crippen molar-refractivity contribution in [3.05, 3.63) is 69.5 Å². The van der Waals surface area contributed by atoms with Gasteiger partial charge in [0.1, 0.15) is 5.75 Å². The van der Waals surface area contributed by atoms with Crippen molar-refractivity contribution in [2.75, 3.05) is 21.3 Å². The lowest BCUT2D eigenvalue weighted by atomic mass is 10.1. The number of methoxy groups -OCH3 is 3. The first-order chi connectivity index (χ1) is 14.9. The Morgan fingerprint density at radius 1 is 1.00 bits per heavy atom. The van der Waals surface area contributed by atoms with E-state index >= 15 is 0 Å². The van der Waals surface area contributed by atoms with Gasteiger partial charge in [-0.3, -0.25) is 9.48 Å². The molecule has 0 unspecified atom stereocenters. The zero-order valence-corrected chi connectivity index (χ0v) is 19.0. The molecule has 0 aliphatic rings. The normalized spacial score (nSPS) is 10.6. The Morgan fingerprint density at radius 3 is 2.29 bits per heavy atom. The van der Waals surface area contributed by atoms with Crippen molar-refractivity contribution in [3.8, 4) is 17.2 Å². The topological polar surface area (TPSA) is 74.6 Å². The average molecular weight is 444 g/mol. The molecule has 0 atom stereocenters. The number of aryl methyl sites for hydroxylation is 1. The van der Waals surface area contributed by atoms with Crippen LogP contribution in [0.3, 0.4) is 0 Å². The summed E-state index contributed by atoms with van der Waals surface area (Å²) in [5, 5.41) is 8.16. The number of hydrogen-bond acceptors (Lipinski definition) is 5. The fourth-order valence-corrected chi connectivity index (χ4v) is 3.66. The maximum atomic E-state index is 13.0. The largest absolute Gasteiger partial charge is 0.496 e. The molecule has 0 aliphatic heterocycles. The van der Waals surface area contributed by atoms with Crippen LogP contribution in [0.4, 0.5) is 0 Å². The Labute approximate surface area is 186 Å². The number of halogens is 1. The molecule has 2 aromatic carbocycles. The SMILES string of the molecule is COc1cc(OC)c(OC)cc1CNC(=O)c1c(C)nn(Cc2ccccc2Cl)c1C. The van der Waals surface area contributed by atoms with Gasteiger partial charge in [-0.2, -0.15) is 5.10 Å². The molecule has 0 fully saturated rings. The Bertz CT molecular complexity index is 1090. The molecule has 0 radical (unpaired) electrons. The maximum absolute atomic E-state index is 13.0. The summed E-state index contributed by atoms with van der Waals surface area (Å²) in [7, 11) is 4.69. The second kappa shape index (κ2) is 9.75. The van der Waals surface area contributed by atoms with Gasteiger partial charge in [-0.25, -0.2) is 0 Å². The maximum Gasteiger partial charge on any atom is 0.255 e. The van der Waals surface area contributed by atoms with Crippen molar-refractivity contribution in [1.82, 2.24) is 15.1 Å². The Morgan fingerprint density at radius 2 is 1.65 bits per heavy atom. The van der Waals surface area contributed by atoms with Gasteiger partial charge < -0.3 is 19.5 Å². The van der Waals surface area contributed by atoms with Crippen molar-refractivity contribution in [1.29, 1.82) is 0 Å². The van der Waals surface area contributed by atoms with E-state index in [0.717, 1.165) is 16.8 Å². The highest BCUT2D eigenvalue weighted by Gasteiger charge is 2.20. The fourth-order valence-electron chi connectivity index (χ4n) is 3.46. The van der Waals surface area contributed by atoms with Gasteiger partial charge in [0.05, 0.1) is 39.1 Å². The van der Waals surface area contributed by atoms with Crippen LogP contribution in [0.2, 0.25) is 5.02 Å². The molecule has 0 saturated carbocycles. The van der Waals surface area contributed by atoms with Crippen molar-refractivity contribution >= 4 is 17.5 Å². The Kier molecular flexibility index (Phi) is 7.07. The Hall–Kier alpha value is -3.19. The van der Waals surface area contributed by atoms with Crippen LogP contribution in [0.5, 0.6) is 17.2 Å². The van der Waals surface area contributed by atoms with Gasteiger partial charge in [0, 0.05) is 28.9 Å². The van der Waals surface area contributed by atoms with Crippen molar-refractivity contribution in [2.45, 2.75) is 26.9 Å². The van der Waals surface area contributed by atoms with Crippen LogP contribution in [0, 0.1) is 13.8 Å². The number of rotatable bonds is 8. The highest BCUT2D eigenvalue weighted by molar-refractivity contribution is 6.31. The molecule has 0 aliphatic carbocycles. The van der Waals surface area contributed by atoms with E-state index in [9.17, 15) is 4.79 Å². The van der Waals surface area contributed by atoms with Gasteiger partial charge in [0.25, 0.3) is 5.91 Å². The lowest BCUT2D eigenvalue weighted by Crippen LogP contribution is -2.24. The number of nitrogens with one attached hydrogen (secondary N) is 1. The van der Waals surface area contributed by atoms with E-state index in [1.54, 1.807) is 38.1 Å². The number of benzene rings is 2. The quantitative estimate of drug-likeness (QED) is 0.566. The average Bonchev–Trinajstić information content (AvgIpc) is 3.05. The van der Waals surface area contributed by atoms with Crippen molar-refractivity contribution in [3.63, 3.8) is 0 Å². The summed E-state index contributed by atoms with van der Waals surface area (Å²) in [6, 6.07) is 11.1. The molecule has 0 saturated heterocycles. The predicted octanol–water partition coefficient (Wildman–Crippen LogP) is 4.16. The molecular weight excluding hydrogens is 418 g/mol. The minimum atomic E-state index is -0.211. The van der Waals surface area contributed by atoms with Crippen molar-refractivity contribution in [2.24, 2.45) is 0 Å². The molecular formula is C23H26ClN3O4. The zero-order chi connectivity index (χ0) is 22.5. The highest BCUT2D eigenvalue weighted by Crippen LogP contribution is 2.34. The molecule has 1 amide bonds. The van der Waals surface area contributed by atoms with E-state index in [0.29, 0.717) is 40.1 Å². The standard InChI is InChI=1S/C23H26ClN3O4/c1-14-22(15(2)27(26-14)13-16-8-6-7-9-18(16)24)23(28)25-12-17-10-20(30-4)21(31-5)11-19(17)29-3/h6-11H,12-13H2,1-5H3,(H,25,28). The molecule has 0 bridgehead atoms. The van der Waals surface area contributed by atoms with Gasteiger partial charge in [0.15, 0.2) is 11.5 Å². The molecule has 3 rings (SSSR count). The van der Waals surface area contributed by atoms with Gasteiger partial charge in [-0.05, 0) is 31.5 Å². The number of ether oxygens (including phenoxy) is 3. The van der Waals surface area contributed by atoms with E-state index in [4.69, 9.17) is 25.8 Å². The van der Waals surface area contributed by atoms with Crippen LogP contribution in [0.1, 0.15) is 32.9 Å². The summed E-state index contributed by atoms with van der Waals surface area (Å²) in [5.74, 6) is 1.51. The van der Waals surface area contributed by atoms with Crippen LogP contribution < -0.4 is 19.5 Å². The minimum absolute atomic E-state index is 0.211. The molecule has 3 aromatic rings. The summed E-state index contributed by atoms with van der Waals surface area (Å²) in [5.41, 5.74) is 3.69. The van der Waals surface area contributed by atoms with E-state index in [2.05, 4.69) is 10.4 Å². The third-order valence-electron chi connectivity index (χ3n) is 5.11. The molecule has 0 spiro atoms. The lowest BCUT2D eigenvalue weighted by Gasteiger charge is -2.14. The molecule has 1 N–H and O–H groups in total. The zero-order valence-electron chi connectivity index (χ0n) is 18.3. The van der Waals surface area contributed by atoms with Crippen molar-refractivity contribution < 1.29 is 19.0 Å². The number of carbonyl (C=O) groups excluding carboxylic acids is 1. The summed E-state index contributed by atoms with van der Waals surface area (Å²) in [4.78, 5) is 13.0. The molecule has 1 heterocycles. The van der Waals surface area contributed by atoms with Gasteiger partial charge in [0.2, 0.25) is 0 Å². The highest BCUT2D eigenvalue weighted by atomic mass is 35.5. The third-order valence-corrected chi connectivity index (χ3v) is 5.48. The number of aromatic nitrogens is 2. The van der Waals surface area contributed by atoms with E-state index in [1.807, 2.05) is 38.1 Å². The number of amides is 1. The lowest BCUT2D eigenvalue weighted by molar-refractivity contribution is 0.0949. The number of hydrogen-bond donors (Lipinski definition) is 1. The van der Waals surface area contributed by atoms with Crippen LogP contribution in [0.15, 0.2) is 36.4 Å². The molecule has 8 heteroatoms. The smallest absolute Gasteiger partial charge is 0.255 e. The molecule has 1 aromatic heterocycles. The van der Waals surface area contributed by atoms with E-state index in [1.165, 1.54) is 0 Å². The first-order valence-electron chi connectivity index (χ1n) is 9.74. The summed E-state index contributed by atoms with van der Waals surface area (Å²) >= 11 is 6.28. The summed E-state index contributed by atoms with van der Waals surface area (Å²) < 4.78 is 17.9. The Balaban J connectivity index is 1.80. The first-order valence-corrected chi connectivity index (χ1v) is 10.1. The van der Waals surface area contributed by atoms with Crippen LogP contribution in [0.25, 0.3) is 0 Å². The second-order valence-electron chi connectivity index (χ2n) is 7.00. The molecule has 7 nitrogen and oxygen atoms in total. The molecule has 31 heavy (non-hydrogen) atoms.